The lowest BCUT2D eigenvalue weighted by molar-refractivity contribution is -0.121. The van der Waals surface area contributed by atoms with Crippen molar-refractivity contribution in [3.63, 3.8) is 0 Å². The topological polar surface area (TPSA) is 64.6 Å². The number of amides is 1. The summed E-state index contributed by atoms with van der Waals surface area (Å²) in [5, 5.41) is 2.89. The maximum Gasteiger partial charge on any atom is 0.220 e. The van der Waals surface area contributed by atoms with E-state index in [4.69, 9.17) is 9.47 Å². The summed E-state index contributed by atoms with van der Waals surface area (Å²) in [4.78, 5) is 23.8. The minimum absolute atomic E-state index is 0.00512. The van der Waals surface area contributed by atoms with Gasteiger partial charge in [0.15, 0.2) is 5.78 Å². The standard InChI is InChI=1S/C18H25NO4/c1-22-15-9-7-14(8-10-15)17(20)5-2-6-18(21)19-12-11-16-4-3-13-23-16/h7-10,16H,2-6,11-13H2,1H3,(H,19,21)/t16-/m1/s1. The van der Waals surface area contributed by atoms with Gasteiger partial charge in [0.1, 0.15) is 5.75 Å². The third-order valence-electron chi connectivity index (χ3n) is 4.03. The van der Waals surface area contributed by atoms with E-state index in [0.717, 1.165) is 31.6 Å². The highest BCUT2D eigenvalue weighted by atomic mass is 16.5. The normalized spacial score (nSPS) is 17.0. The molecule has 23 heavy (non-hydrogen) atoms. The molecule has 0 radical (unpaired) electrons. The summed E-state index contributed by atoms with van der Waals surface area (Å²) in [6.07, 6.45) is 4.71. The molecule has 1 aliphatic heterocycles. The average Bonchev–Trinajstić information content (AvgIpc) is 3.08. The Kier molecular flexibility index (Phi) is 7.07. The first-order valence-corrected chi connectivity index (χ1v) is 8.24. The molecule has 2 rings (SSSR count). The monoisotopic (exact) mass is 319 g/mol. The van der Waals surface area contributed by atoms with Crippen molar-refractivity contribution in [1.29, 1.82) is 0 Å². The average molecular weight is 319 g/mol. The minimum Gasteiger partial charge on any atom is -0.497 e. The molecule has 1 heterocycles. The third kappa shape index (κ3) is 6.02. The molecule has 0 aliphatic carbocycles. The Balaban J connectivity index is 1.59. The molecule has 1 aliphatic rings. The van der Waals surface area contributed by atoms with Crippen molar-refractivity contribution >= 4 is 11.7 Å². The number of hydrogen-bond acceptors (Lipinski definition) is 4. The molecule has 1 amide bonds. The van der Waals surface area contributed by atoms with Crippen LogP contribution < -0.4 is 10.1 Å². The van der Waals surface area contributed by atoms with Crippen molar-refractivity contribution in [3.05, 3.63) is 29.8 Å². The Morgan fingerprint density at radius 1 is 1.26 bits per heavy atom. The van der Waals surface area contributed by atoms with E-state index in [1.165, 1.54) is 0 Å². The Morgan fingerprint density at radius 3 is 2.70 bits per heavy atom. The summed E-state index contributed by atoms with van der Waals surface area (Å²) in [6, 6.07) is 7.04. The van der Waals surface area contributed by atoms with Crippen molar-refractivity contribution in [2.24, 2.45) is 0 Å². The smallest absolute Gasteiger partial charge is 0.220 e. The van der Waals surface area contributed by atoms with Gasteiger partial charge in [-0.3, -0.25) is 9.59 Å². The Bertz CT molecular complexity index is 506. The van der Waals surface area contributed by atoms with Crippen LogP contribution >= 0.6 is 0 Å². The van der Waals surface area contributed by atoms with Crippen LogP contribution in [0.3, 0.4) is 0 Å². The van der Waals surface area contributed by atoms with E-state index in [2.05, 4.69) is 5.32 Å². The molecule has 126 valence electrons. The predicted octanol–water partition coefficient (Wildman–Crippen LogP) is 2.73. The van der Waals surface area contributed by atoms with Crippen molar-refractivity contribution in [2.75, 3.05) is 20.3 Å². The second-order valence-electron chi connectivity index (χ2n) is 5.78. The van der Waals surface area contributed by atoms with Gasteiger partial charge in [0.2, 0.25) is 5.91 Å². The van der Waals surface area contributed by atoms with Crippen LogP contribution in [0, 0.1) is 0 Å². The second kappa shape index (κ2) is 9.30. The molecule has 0 aromatic heterocycles. The minimum atomic E-state index is 0.00512. The predicted molar refractivity (Wildman–Crippen MR) is 87.8 cm³/mol. The lowest BCUT2D eigenvalue weighted by Gasteiger charge is -2.10. The van der Waals surface area contributed by atoms with Crippen molar-refractivity contribution < 1.29 is 19.1 Å². The number of methoxy groups -OCH3 is 1. The first-order chi connectivity index (χ1) is 11.2. The number of rotatable bonds is 9. The zero-order chi connectivity index (χ0) is 16.5. The Labute approximate surface area is 137 Å². The zero-order valence-corrected chi connectivity index (χ0v) is 13.7. The molecule has 1 saturated heterocycles. The summed E-state index contributed by atoms with van der Waals surface area (Å²) in [7, 11) is 1.59. The molecule has 1 atom stereocenters. The second-order valence-corrected chi connectivity index (χ2v) is 5.78. The number of benzene rings is 1. The fourth-order valence-corrected chi connectivity index (χ4v) is 2.66. The Hall–Kier alpha value is -1.88. The summed E-state index contributed by atoms with van der Waals surface area (Å²) in [5.41, 5.74) is 0.657. The van der Waals surface area contributed by atoms with Crippen molar-refractivity contribution in [1.82, 2.24) is 5.32 Å². The van der Waals surface area contributed by atoms with Gasteiger partial charge in [0, 0.05) is 31.6 Å². The number of carbonyl (C=O) groups is 2. The van der Waals surface area contributed by atoms with Gasteiger partial charge in [0.05, 0.1) is 13.2 Å². The number of hydrogen-bond donors (Lipinski definition) is 1. The highest BCUT2D eigenvalue weighted by molar-refractivity contribution is 5.96. The van der Waals surface area contributed by atoms with Crippen LogP contribution in [0.5, 0.6) is 5.75 Å². The van der Waals surface area contributed by atoms with E-state index in [0.29, 0.717) is 37.5 Å². The zero-order valence-electron chi connectivity index (χ0n) is 13.7. The first-order valence-electron chi connectivity index (χ1n) is 8.24. The lowest BCUT2D eigenvalue weighted by atomic mass is 10.1. The van der Waals surface area contributed by atoms with E-state index >= 15 is 0 Å². The van der Waals surface area contributed by atoms with E-state index < -0.39 is 0 Å². The molecule has 1 fully saturated rings. The first kappa shape index (κ1) is 17.5. The van der Waals surface area contributed by atoms with Crippen LogP contribution in [0.25, 0.3) is 0 Å². The largest absolute Gasteiger partial charge is 0.497 e. The fourth-order valence-electron chi connectivity index (χ4n) is 2.66. The third-order valence-corrected chi connectivity index (χ3v) is 4.03. The van der Waals surface area contributed by atoms with E-state index in [1.807, 2.05) is 0 Å². The van der Waals surface area contributed by atoms with Gasteiger partial charge in [-0.15, -0.1) is 0 Å². The molecular formula is C18H25NO4. The van der Waals surface area contributed by atoms with E-state index in [9.17, 15) is 9.59 Å². The van der Waals surface area contributed by atoms with Gasteiger partial charge in [-0.1, -0.05) is 0 Å². The quantitative estimate of drug-likeness (QED) is 0.711. The molecular weight excluding hydrogens is 294 g/mol. The van der Waals surface area contributed by atoms with Gasteiger partial charge in [-0.05, 0) is 49.9 Å². The molecule has 1 N–H and O–H groups in total. The molecule has 0 bridgehead atoms. The number of ketones is 1. The van der Waals surface area contributed by atoms with Crippen LogP contribution in [0.2, 0.25) is 0 Å². The van der Waals surface area contributed by atoms with Gasteiger partial charge < -0.3 is 14.8 Å². The molecule has 1 aromatic rings. The number of ether oxygens (including phenoxy) is 2. The van der Waals surface area contributed by atoms with Gasteiger partial charge in [-0.25, -0.2) is 0 Å². The van der Waals surface area contributed by atoms with E-state index in [-0.39, 0.29) is 11.7 Å². The van der Waals surface area contributed by atoms with Crippen LogP contribution in [-0.4, -0.2) is 38.1 Å². The Morgan fingerprint density at radius 2 is 2.04 bits per heavy atom. The summed E-state index contributed by atoms with van der Waals surface area (Å²) >= 11 is 0. The van der Waals surface area contributed by atoms with Crippen molar-refractivity contribution in [3.8, 4) is 5.75 Å². The number of nitrogens with one attached hydrogen (secondary N) is 1. The van der Waals surface area contributed by atoms with Gasteiger partial charge >= 0.3 is 0 Å². The highest BCUT2D eigenvalue weighted by Gasteiger charge is 2.15. The molecule has 5 nitrogen and oxygen atoms in total. The van der Waals surface area contributed by atoms with Crippen LogP contribution in [-0.2, 0) is 9.53 Å². The van der Waals surface area contributed by atoms with E-state index in [1.54, 1.807) is 31.4 Å². The van der Waals surface area contributed by atoms with Crippen LogP contribution in [0.1, 0.15) is 48.9 Å². The van der Waals surface area contributed by atoms with Crippen LogP contribution in [0.15, 0.2) is 24.3 Å². The van der Waals surface area contributed by atoms with Gasteiger partial charge in [0.25, 0.3) is 0 Å². The molecule has 1 aromatic carbocycles. The number of carbonyl (C=O) groups excluding carboxylic acids is 2. The molecule has 0 saturated carbocycles. The van der Waals surface area contributed by atoms with Gasteiger partial charge in [-0.2, -0.15) is 0 Å². The SMILES string of the molecule is COc1ccc(C(=O)CCCC(=O)NCC[C@H]2CCCO2)cc1. The fraction of sp³-hybridized carbons (Fsp3) is 0.556. The van der Waals surface area contributed by atoms with Crippen LogP contribution in [0.4, 0.5) is 0 Å². The summed E-state index contributed by atoms with van der Waals surface area (Å²) in [6.45, 7) is 1.49. The maximum atomic E-state index is 12.0. The maximum absolute atomic E-state index is 12.0. The summed E-state index contributed by atoms with van der Waals surface area (Å²) < 4.78 is 10.6. The summed E-state index contributed by atoms with van der Waals surface area (Å²) in [5.74, 6) is 0.789. The molecule has 5 heteroatoms. The highest BCUT2D eigenvalue weighted by Crippen LogP contribution is 2.15. The molecule has 0 unspecified atom stereocenters. The molecule has 0 spiro atoms. The van der Waals surface area contributed by atoms with Crippen molar-refractivity contribution in [2.45, 2.75) is 44.6 Å². The lowest BCUT2D eigenvalue weighted by Crippen LogP contribution is -2.26. The number of Topliss-reactive ketones (excluding diaryl/α,β-unsaturated/α-hetero) is 1.